The Morgan fingerprint density at radius 2 is 1.55 bits per heavy atom. The summed E-state index contributed by atoms with van der Waals surface area (Å²) in [5, 5.41) is 35.0. The highest BCUT2D eigenvalue weighted by molar-refractivity contribution is 7.22. The molecule has 5 rings (SSSR count). The molecule has 1 fully saturated rings. The SMILES string of the molecule is CN1CCN(c2ccc(NC(=O)C(=O)Nc3c(C(=O)CO)sc4c3cnc3cc(CO)c(CO)cc34)cc2)CC1. The van der Waals surface area contributed by atoms with Crippen LogP contribution in [0.4, 0.5) is 17.1 Å². The van der Waals surface area contributed by atoms with Crippen LogP contribution < -0.4 is 15.5 Å². The van der Waals surface area contributed by atoms with Gasteiger partial charge in [0.25, 0.3) is 0 Å². The lowest BCUT2D eigenvalue weighted by Gasteiger charge is -2.34. The number of anilines is 3. The topological polar surface area (TPSA) is 155 Å². The Kier molecular flexibility index (Phi) is 8.05. The van der Waals surface area contributed by atoms with E-state index in [-0.39, 0.29) is 23.8 Å². The lowest BCUT2D eigenvalue weighted by atomic mass is 10.0. The third kappa shape index (κ3) is 5.40. The lowest BCUT2D eigenvalue weighted by molar-refractivity contribution is -0.132. The number of fused-ring (bicyclic) bond motifs is 3. The minimum atomic E-state index is -0.985. The molecule has 4 aromatic rings. The summed E-state index contributed by atoms with van der Waals surface area (Å²) in [5.41, 5.74) is 3.10. The average Bonchev–Trinajstić information content (AvgIpc) is 3.35. The van der Waals surface area contributed by atoms with Gasteiger partial charge in [-0.1, -0.05) is 0 Å². The number of nitrogens with one attached hydrogen (secondary N) is 2. The van der Waals surface area contributed by atoms with Crippen molar-refractivity contribution in [2.24, 2.45) is 0 Å². The summed E-state index contributed by atoms with van der Waals surface area (Å²) < 4.78 is 0.580. The number of pyridine rings is 1. The number of aliphatic hydroxyl groups is 3. The fourth-order valence-corrected chi connectivity index (χ4v) is 5.92. The number of rotatable bonds is 7. The van der Waals surface area contributed by atoms with Crippen LogP contribution in [0.25, 0.3) is 21.0 Å². The van der Waals surface area contributed by atoms with Crippen molar-refractivity contribution in [3.05, 3.63) is 58.6 Å². The lowest BCUT2D eigenvalue weighted by Crippen LogP contribution is -2.44. The summed E-state index contributed by atoms with van der Waals surface area (Å²) >= 11 is 1.04. The van der Waals surface area contributed by atoms with Gasteiger partial charge in [0.2, 0.25) is 0 Å². The van der Waals surface area contributed by atoms with Crippen LogP contribution in [0.3, 0.4) is 0 Å². The van der Waals surface area contributed by atoms with Gasteiger partial charge in [0.15, 0.2) is 5.78 Å². The Labute approximate surface area is 233 Å². The molecular weight excluding hydrogens is 534 g/mol. The molecule has 1 saturated heterocycles. The van der Waals surface area contributed by atoms with Crippen molar-refractivity contribution in [3.63, 3.8) is 0 Å². The highest BCUT2D eigenvalue weighted by Gasteiger charge is 2.24. The van der Waals surface area contributed by atoms with E-state index in [0.717, 1.165) is 43.2 Å². The summed E-state index contributed by atoms with van der Waals surface area (Å²) in [4.78, 5) is 47.3. The Morgan fingerprint density at radius 3 is 2.20 bits per heavy atom. The predicted molar refractivity (Wildman–Crippen MR) is 154 cm³/mol. The van der Waals surface area contributed by atoms with E-state index in [1.54, 1.807) is 24.3 Å². The number of ketones is 1. The molecule has 11 nitrogen and oxygen atoms in total. The predicted octanol–water partition coefficient (Wildman–Crippen LogP) is 1.94. The van der Waals surface area contributed by atoms with Gasteiger partial charge in [-0.15, -0.1) is 11.3 Å². The number of Topliss-reactive ketones (excluding diaryl/α,β-unsaturated/α-hetero) is 1. The molecular formula is C28H29N5O6S. The normalized spacial score (nSPS) is 14.1. The van der Waals surface area contributed by atoms with Crippen molar-refractivity contribution in [1.29, 1.82) is 0 Å². The van der Waals surface area contributed by atoms with Gasteiger partial charge in [0.1, 0.15) is 6.61 Å². The van der Waals surface area contributed by atoms with Crippen LogP contribution in [0.2, 0.25) is 0 Å². The smallest absolute Gasteiger partial charge is 0.314 e. The van der Waals surface area contributed by atoms with Crippen molar-refractivity contribution < 1.29 is 29.7 Å². The number of piperazine rings is 1. The zero-order valence-electron chi connectivity index (χ0n) is 21.8. The van der Waals surface area contributed by atoms with Crippen LogP contribution in [0, 0.1) is 0 Å². The number of nitrogens with zero attached hydrogens (tertiary/aromatic N) is 3. The van der Waals surface area contributed by atoms with Crippen molar-refractivity contribution >= 4 is 67.0 Å². The highest BCUT2D eigenvalue weighted by atomic mass is 32.1. The zero-order chi connectivity index (χ0) is 28.4. The minimum Gasteiger partial charge on any atom is -0.392 e. The Morgan fingerprint density at radius 1 is 0.900 bits per heavy atom. The van der Waals surface area contributed by atoms with Gasteiger partial charge in [-0.3, -0.25) is 19.4 Å². The van der Waals surface area contributed by atoms with E-state index in [9.17, 15) is 29.7 Å². The molecule has 0 bridgehead atoms. The number of aromatic nitrogens is 1. The second kappa shape index (κ2) is 11.7. The number of carbonyl (C=O) groups excluding carboxylic acids is 3. The quantitative estimate of drug-likeness (QED) is 0.168. The van der Waals surface area contributed by atoms with Crippen LogP contribution in [0.5, 0.6) is 0 Å². The Bertz CT molecular complexity index is 1590. The molecule has 1 aliphatic heterocycles. The number of amides is 2. The number of likely N-dealkylation sites (N-methyl/N-ethyl adjacent to an activating group) is 1. The number of carbonyl (C=O) groups is 3. The maximum Gasteiger partial charge on any atom is 0.314 e. The van der Waals surface area contributed by atoms with Gasteiger partial charge in [-0.25, -0.2) is 0 Å². The molecule has 2 aromatic carbocycles. The molecule has 3 heterocycles. The third-order valence-corrected chi connectivity index (χ3v) is 8.30. The molecule has 2 amide bonds. The molecule has 1 aliphatic rings. The maximum absolute atomic E-state index is 12.9. The van der Waals surface area contributed by atoms with Crippen LogP contribution in [0.1, 0.15) is 20.8 Å². The molecule has 0 saturated carbocycles. The van der Waals surface area contributed by atoms with Crippen molar-refractivity contribution in [1.82, 2.24) is 9.88 Å². The van der Waals surface area contributed by atoms with Crippen molar-refractivity contribution in [2.45, 2.75) is 13.2 Å². The molecule has 2 aromatic heterocycles. The second-order valence-electron chi connectivity index (χ2n) is 9.59. The van der Waals surface area contributed by atoms with Gasteiger partial charge in [-0.05, 0) is 54.6 Å². The van der Waals surface area contributed by atoms with Crippen LogP contribution in [-0.2, 0) is 22.8 Å². The van der Waals surface area contributed by atoms with E-state index in [2.05, 4.69) is 32.5 Å². The molecule has 0 spiro atoms. The second-order valence-corrected chi connectivity index (χ2v) is 10.6. The molecule has 12 heteroatoms. The first-order valence-electron chi connectivity index (χ1n) is 12.7. The van der Waals surface area contributed by atoms with E-state index in [0.29, 0.717) is 37.8 Å². The monoisotopic (exact) mass is 563 g/mol. The van der Waals surface area contributed by atoms with E-state index in [4.69, 9.17) is 0 Å². The van der Waals surface area contributed by atoms with Gasteiger partial charge in [0.05, 0.1) is 29.3 Å². The largest absolute Gasteiger partial charge is 0.392 e. The fraction of sp³-hybridized carbons (Fsp3) is 0.286. The molecule has 40 heavy (non-hydrogen) atoms. The average molecular weight is 564 g/mol. The summed E-state index contributed by atoms with van der Waals surface area (Å²) in [7, 11) is 2.09. The first kappa shape index (κ1) is 27.6. The van der Waals surface area contributed by atoms with Gasteiger partial charge < -0.3 is 35.8 Å². The first-order chi connectivity index (χ1) is 19.3. The van der Waals surface area contributed by atoms with E-state index in [1.165, 1.54) is 6.20 Å². The molecule has 0 atom stereocenters. The van der Waals surface area contributed by atoms with Crippen molar-refractivity contribution in [3.8, 4) is 0 Å². The van der Waals surface area contributed by atoms with Crippen LogP contribution in [0.15, 0.2) is 42.6 Å². The maximum atomic E-state index is 12.9. The highest BCUT2D eigenvalue weighted by Crippen LogP contribution is 2.40. The molecule has 0 aliphatic carbocycles. The minimum absolute atomic E-state index is 0.0706. The number of hydrogen-bond donors (Lipinski definition) is 5. The number of thiophene rings is 1. The summed E-state index contributed by atoms with van der Waals surface area (Å²) in [5.74, 6) is -2.53. The van der Waals surface area contributed by atoms with Crippen LogP contribution in [-0.4, -0.2) is 82.6 Å². The summed E-state index contributed by atoms with van der Waals surface area (Å²) in [6, 6.07) is 10.6. The Balaban J connectivity index is 1.39. The summed E-state index contributed by atoms with van der Waals surface area (Å²) in [6.07, 6.45) is 1.46. The molecule has 208 valence electrons. The summed E-state index contributed by atoms with van der Waals surface area (Å²) in [6.45, 7) is 2.37. The van der Waals surface area contributed by atoms with Gasteiger partial charge in [0, 0.05) is 59.2 Å². The fourth-order valence-electron chi connectivity index (χ4n) is 4.73. The van der Waals surface area contributed by atoms with Gasteiger partial charge >= 0.3 is 11.8 Å². The number of aliphatic hydroxyl groups excluding tert-OH is 3. The zero-order valence-corrected chi connectivity index (χ0v) is 22.6. The van der Waals surface area contributed by atoms with E-state index < -0.39 is 24.2 Å². The first-order valence-corrected chi connectivity index (χ1v) is 13.5. The van der Waals surface area contributed by atoms with E-state index in [1.807, 2.05) is 12.1 Å². The number of hydrogen-bond acceptors (Lipinski definition) is 10. The standard InChI is InChI=1S/C28H29N5O6S/c1-32-6-8-33(9-7-32)19-4-2-18(3-5-19)30-27(38)28(39)31-24-21-12-29-22-11-17(14-35)16(13-34)10-20(22)25(21)40-26(24)23(37)15-36/h2-5,10-12,34-36H,6-9,13-15H2,1H3,(H,30,38)(H,31,39). The van der Waals surface area contributed by atoms with Crippen molar-refractivity contribution in [2.75, 3.05) is 55.4 Å². The third-order valence-electron chi connectivity index (χ3n) is 7.02. The van der Waals surface area contributed by atoms with E-state index >= 15 is 0 Å². The van der Waals surface area contributed by atoms with Gasteiger partial charge in [-0.2, -0.15) is 0 Å². The van der Waals surface area contributed by atoms with Crippen LogP contribution >= 0.6 is 11.3 Å². The molecule has 5 N–H and O–H groups in total. The Hall–Kier alpha value is -3.94. The molecule has 0 radical (unpaired) electrons. The molecule has 0 unspecified atom stereocenters. The number of benzene rings is 2.